The number of carbonyl (C=O) groups excluding carboxylic acids is 1. The highest BCUT2D eigenvalue weighted by molar-refractivity contribution is 8.03. The maximum Gasteiger partial charge on any atom is 0.341 e. The first kappa shape index (κ1) is 22.1. The summed E-state index contributed by atoms with van der Waals surface area (Å²) in [6, 6.07) is 4.61. The Labute approximate surface area is 168 Å². The number of hydrogen-bond acceptors (Lipinski definition) is 8. The van der Waals surface area contributed by atoms with Crippen molar-refractivity contribution in [2.24, 2.45) is 0 Å². The van der Waals surface area contributed by atoms with Crippen molar-refractivity contribution in [1.82, 2.24) is 10.2 Å². The Bertz CT molecular complexity index is 857. The quantitative estimate of drug-likeness (QED) is 0.427. The zero-order valence-electron chi connectivity index (χ0n) is 14.2. The minimum absolute atomic E-state index is 0.103. The summed E-state index contributed by atoms with van der Waals surface area (Å²) >= 11 is 4.31. The van der Waals surface area contributed by atoms with Crippen LogP contribution in [0.2, 0.25) is 0 Å². The molecule has 0 fully saturated rings. The normalized spacial score (nSPS) is 11.7. The number of nitrogens with one attached hydrogen (secondary N) is 1. The van der Waals surface area contributed by atoms with E-state index in [4.69, 9.17) is 0 Å². The molecule has 0 atom stereocenters. The first-order valence-electron chi connectivity index (χ1n) is 7.84. The fourth-order valence-electron chi connectivity index (χ4n) is 1.77. The van der Waals surface area contributed by atoms with Crippen LogP contribution in [0.15, 0.2) is 37.8 Å². The average Bonchev–Trinajstić information content (AvgIpc) is 3.08. The summed E-state index contributed by atoms with van der Waals surface area (Å²) in [4.78, 5) is 11.5. The molecule has 0 spiro atoms. The smallest absolute Gasteiger partial charge is 0.325 e. The van der Waals surface area contributed by atoms with E-state index in [9.17, 15) is 22.0 Å². The third kappa shape index (κ3) is 6.70. The Balaban J connectivity index is 1.84. The highest BCUT2D eigenvalue weighted by Gasteiger charge is 2.26. The van der Waals surface area contributed by atoms with Gasteiger partial charge in [0, 0.05) is 11.4 Å². The van der Waals surface area contributed by atoms with Gasteiger partial charge >= 0.3 is 5.76 Å². The molecular weight excluding hydrogens is 436 g/mol. The standard InChI is InChI=1S/C15H17F2N3O3S4/c1-2-3-8-24-14-19-20-15(26-14)25-9-12(21)18-10-4-6-11(7-5-10)27(22,23)13(16)17/h4-7,13H,2-3,8-9H2,1H3,(H,18,21). The lowest BCUT2D eigenvalue weighted by atomic mass is 10.3. The van der Waals surface area contributed by atoms with Crippen molar-refractivity contribution in [3.63, 3.8) is 0 Å². The minimum atomic E-state index is -4.64. The first-order chi connectivity index (χ1) is 12.8. The van der Waals surface area contributed by atoms with Crippen molar-refractivity contribution in [3.8, 4) is 0 Å². The second-order valence-electron chi connectivity index (χ2n) is 5.20. The summed E-state index contributed by atoms with van der Waals surface area (Å²) < 4.78 is 49.2. The fraction of sp³-hybridized carbons (Fsp3) is 0.400. The van der Waals surface area contributed by atoms with Gasteiger partial charge in [-0.05, 0) is 30.7 Å². The highest BCUT2D eigenvalue weighted by atomic mass is 32.2. The van der Waals surface area contributed by atoms with Gasteiger partial charge < -0.3 is 5.32 Å². The number of amides is 1. The molecule has 0 saturated heterocycles. The van der Waals surface area contributed by atoms with Crippen LogP contribution in [0.3, 0.4) is 0 Å². The Morgan fingerprint density at radius 1 is 1.19 bits per heavy atom. The van der Waals surface area contributed by atoms with E-state index < -0.39 is 20.5 Å². The number of benzene rings is 1. The van der Waals surface area contributed by atoms with E-state index in [2.05, 4.69) is 22.4 Å². The van der Waals surface area contributed by atoms with Crippen LogP contribution < -0.4 is 5.32 Å². The molecule has 0 aliphatic carbocycles. The number of unbranched alkanes of at least 4 members (excludes halogenated alkanes) is 1. The van der Waals surface area contributed by atoms with Crippen molar-refractivity contribution in [2.75, 3.05) is 16.8 Å². The van der Waals surface area contributed by atoms with Gasteiger partial charge in [0.15, 0.2) is 8.68 Å². The Kier molecular flexibility index (Phi) is 8.45. The van der Waals surface area contributed by atoms with E-state index in [1.54, 1.807) is 11.8 Å². The lowest BCUT2D eigenvalue weighted by molar-refractivity contribution is -0.113. The third-order valence-corrected chi connectivity index (χ3v) is 7.81. The van der Waals surface area contributed by atoms with E-state index in [-0.39, 0.29) is 11.7 Å². The Morgan fingerprint density at radius 2 is 1.81 bits per heavy atom. The fourth-order valence-corrected chi connectivity index (χ4v) is 5.47. The maximum atomic E-state index is 12.5. The molecule has 2 rings (SSSR count). The van der Waals surface area contributed by atoms with Gasteiger partial charge in [-0.1, -0.05) is 48.2 Å². The minimum Gasteiger partial charge on any atom is -0.325 e. The zero-order valence-corrected chi connectivity index (χ0v) is 17.5. The molecule has 1 N–H and O–H groups in total. The lowest BCUT2D eigenvalue weighted by Gasteiger charge is -2.06. The molecule has 2 aromatic rings. The van der Waals surface area contributed by atoms with E-state index >= 15 is 0 Å². The van der Waals surface area contributed by atoms with Crippen LogP contribution in [0.1, 0.15) is 19.8 Å². The molecule has 27 heavy (non-hydrogen) atoms. The largest absolute Gasteiger partial charge is 0.341 e. The number of aromatic nitrogens is 2. The number of halogens is 2. The summed E-state index contributed by atoms with van der Waals surface area (Å²) in [5, 5.41) is 10.7. The molecule has 1 aromatic carbocycles. The van der Waals surface area contributed by atoms with Crippen LogP contribution in [0.5, 0.6) is 0 Å². The van der Waals surface area contributed by atoms with Gasteiger partial charge in [0.25, 0.3) is 0 Å². The van der Waals surface area contributed by atoms with Crippen LogP contribution in [0.25, 0.3) is 0 Å². The summed E-state index contributed by atoms with van der Waals surface area (Å²) in [7, 11) is -4.64. The number of nitrogens with zero attached hydrogens (tertiary/aromatic N) is 2. The molecule has 12 heteroatoms. The number of carbonyl (C=O) groups is 1. The molecule has 148 valence electrons. The topological polar surface area (TPSA) is 89.0 Å². The van der Waals surface area contributed by atoms with E-state index in [1.165, 1.54) is 35.2 Å². The number of sulfone groups is 1. The Morgan fingerprint density at radius 3 is 2.41 bits per heavy atom. The lowest BCUT2D eigenvalue weighted by Crippen LogP contribution is -2.14. The third-order valence-electron chi connectivity index (χ3n) is 3.14. The van der Waals surface area contributed by atoms with Crippen molar-refractivity contribution >= 4 is 56.3 Å². The van der Waals surface area contributed by atoms with Crippen molar-refractivity contribution in [2.45, 2.75) is 39.1 Å². The second-order valence-corrected chi connectivity index (χ2v) is 10.7. The van der Waals surface area contributed by atoms with Crippen LogP contribution in [-0.2, 0) is 14.6 Å². The summed E-state index contributed by atoms with van der Waals surface area (Å²) in [5.41, 5.74) is 0.321. The molecule has 0 unspecified atom stereocenters. The monoisotopic (exact) mass is 453 g/mol. The van der Waals surface area contributed by atoms with Crippen molar-refractivity contribution in [3.05, 3.63) is 24.3 Å². The van der Waals surface area contributed by atoms with E-state index in [0.717, 1.165) is 35.1 Å². The number of alkyl halides is 2. The molecule has 1 amide bonds. The predicted octanol–water partition coefficient (Wildman–Crippen LogP) is 4.16. The van der Waals surface area contributed by atoms with Gasteiger partial charge in [-0.2, -0.15) is 8.78 Å². The van der Waals surface area contributed by atoms with Gasteiger partial charge in [0.05, 0.1) is 10.6 Å². The number of anilines is 1. The molecule has 6 nitrogen and oxygen atoms in total. The number of rotatable bonds is 10. The summed E-state index contributed by atoms with van der Waals surface area (Å²) in [6.07, 6.45) is 2.22. The summed E-state index contributed by atoms with van der Waals surface area (Å²) in [6.45, 7) is 2.12. The summed E-state index contributed by atoms with van der Waals surface area (Å²) in [5.74, 6) is -2.72. The Hall–Kier alpha value is -1.24. The maximum absolute atomic E-state index is 12.5. The molecule has 0 saturated carbocycles. The van der Waals surface area contributed by atoms with Gasteiger partial charge in [0.1, 0.15) is 0 Å². The molecule has 0 aliphatic rings. The molecule has 0 bridgehead atoms. The van der Waals surface area contributed by atoms with Gasteiger partial charge in [-0.15, -0.1) is 10.2 Å². The SMILES string of the molecule is CCCCSc1nnc(SCC(=O)Nc2ccc(S(=O)(=O)C(F)F)cc2)s1. The van der Waals surface area contributed by atoms with Crippen LogP contribution in [0, 0.1) is 0 Å². The van der Waals surface area contributed by atoms with Gasteiger partial charge in [-0.3, -0.25) is 4.79 Å². The zero-order chi connectivity index (χ0) is 19.9. The van der Waals surface area contributed by atoms with Crippen molar-refractivity contribution in [1.29, 1.82) is 0 Å². The molecule has 0 radical (unpaired) electrons. The first-order valence-corrected chi connectivity index (χ1v) is 12.2. The van der Waals surface area contributed by atoms with Gasteiger partial charge in [-0.25, -0.2) is 8.42 Å². The van der Waals surface area contributed by atoms with Crippen LogP contribution in [0.4, 0.5) is 14.5 Å². The predicted molar refractivity (Wildman–Crippen MR) is 105 cm³/mol. The highest BCUT2D eigenvalue weighted by Crippen LogP contribution is 2.29. The number of thioether (sulfide) groups is 2. The van der Waals surface area contributed by atoms with Crippen molar-refractivity contribution < 1.29 is 22.0 Å². The molecule has 1 aromatic heterocycles. The molecule has 1 heterocycles. The molecular formula is C15H17F2N3O3S4. The van der Waals surface area contributed by atoms with E-state index in [0.29, 0.717) is 10.0 Å². The van der Waals surface area contributed by atoms with E-state index in [1.807, 2.05) is 0 Å². The van der Waals surface area contributed by atoms with Crippen LogP contribution in [-0.4, -0.2) is 41.8 Å². The second kappa shape index (κ2) is 10.3. The molecule has 0 aliphatic heterocycles. The average molecular weight is 454 g/mol. The van der Waals surface area contributed by atoms with Crippen LogP contribution >= 0.6 is 34.9 Å². The number of hydrogen-bond donors (Lipinski definition) is 1. The van der Waals surface area contributed by atoms with Gasteiger partial charge in [0.2, 0.25) is 15.7 Å².